The molecule has 0 aliphatic carbocycles. The molecule has 1 unspecified atom stereocenters. The lowest BCUT2D eigenvalue weighted by Gasteiger charge is -2.15. The van der Waals surface area contributed by atoms with Gasteiger partial charge in [0.05, 0.1) is 11.1 Å². The van der Waals surface area contributed by atoms with Crippen molar-refractivity contribution >= 4 is 22.6 Å². The molecule has 0 spiro atoms. The van der Waals surface area contributed by atoms with Crippen LogP contribution in [0.2, 0.25) is 0 Å². The van der Waals surface area contributed by atoms with Crippen molar-refractivity contribution in [1.29, 1.82) is 0 Å². The van der Waals surface area contributed by atoms with E-state index >= 15 is 0 Å². The molecule has 1 atom stereocenters. The summed E-state index contributed by atoms with van der Waals surface area (Å²) in [5.41, 5.74) is 11.2. The lowest BCUT2D eigenvalue weighted by atomic mass is 9.90. The monoisotopic (exact) mass is 343 g/mol. The fraction of sp³-hybridized carbons (Fsp3) is 0.333. The molecule has 0 saturated carbocycles. The number of nitrogens with one attached hydrogen (secondary N) is 2. The Labute approximate surface area is 146 Å². The maximum atomic E-state index is 12.3. The van der Waals surface area contributed by atoms with Crippen LogP contribution in [0, 0.1) is 0 Å². The molecule has 0 aliphatic rings. The number of amides is 2. The topological polar surface area (TPSA) is 136 Å². The van der Waals surface area contributed by atoms with Crippen LogP contribution in [-0.2, 0) is 0 Å². The zero-order valence-corrected chi connectivity index (χ0v) is 14.3. The predicted octanol–water partition coefficient (Wildman–Crippen LogP) is 1.28. The number of nitrogens with two attached hydrogens (primary N) is 3. The number of nitrogen functional groups attached to an aromatic ring is 2. The number of hydrazine groups is 2. The first-order valence-corrected chi connectivity index (χ1v) is 8.32. The number of carbonyl (C=O) groups is 2. The average molecular weight is 343 g/mol. The number of hydrogen-bond donors (Lipinski definition) is 5. The van der Waals surface area contributed by atoms with E-state index in [9.17, 15) is 9.59 Å². The van der Waals surface area contributed by atoms with Gasteiger partial charge in [-0.2, -0.15) is 0 Å². The Balaban J connectivity index is 2.54. The van der Waals surface area contributed by atoms with Crippen molar-refractivity contribution in [3.8, 4) is 0 Å². The van der Waals surface area contributed by atoms with Crippen LogP contribution >= 0.6 is 0 Å². The van der Waals surface area contributed by atoms with Gasteiger partial charge in [-0.25, -0.2) is 11.7 Å². The summed E-state index contributed by atoms with van der Waals surface area (Å²) in [5.74, 6) is 9.79. The maximum absolute atomic E-state index is 12.3. The van der Waals surface area contributed by atoms with Gasteiger partial charge in [-0.15, -0.1) is 0 Å². The minimum Gasteiger partial charge on any atom is -0.330 e. The highest BCUT2D eigenvalue weighted by Crippen LogP contribution is 2.29. The summed E-state index contributed by atoms with van der Waals surface area (Å²) in [6, 6.07) is 9.29. The molecule has 7 nitrogen and oxygen atoms in total. The standard InChI is InChI=1S/C18H25N5O2/c1-11(4-2-3-9-19)13-6-5-12-7-8-14(17(24)22-20)16(15(12)10-13)18(25)23-21/h5-8,10-11H,2-4,9,19-21H2,1H3,(H,22,24)(H,23,25). The Morgan fingerprint density at radius 1 is 1.04 bits per heavy atom. The number of unbranched alkanes of at least 4 members (excludes halogenated alkanes) is 1. The molecule has 7 heteroatoms. The summed E-state index contributed by atoms with van der Waals surface area (Å²) in [6.07, 6.45) is 3.03. The zero-order valence-electron chi connectivity index (χ0n) is 14.3. The molecule has 0 radical (unpaired) electrons. The number of rotatable bonds is 7. The van der Waals surface area contributed by atoms with Crippen LogP contribution in [0.4, 0.5) is 0 Å². The van der Waals surface area contributed by atoms with Crippen LogP contribution in [0.5, 0.6) is 0 Å². The quantitative estimate of drug-likeness (QED) is 0.223. The van der Waals surface area contributed by atoms with Crippen molar-refractivity contribution < 1.29 is 9.59 Å². The van der Waals surface area contributed by atoms with Gasteiger partial charge in [-0.1, -0.05) is 37.6 Å². The van der Waals surface area contributed by atoms with Gasteiger partial charge in [0.25, 0.3) is 11.8 Å². The Morgan fingerprint density at radius 2 is 1.72 bits per heavy atom. The van der Waals surface area contributed by atoms with Gasteiger partial charge in [0.1, 0.15) is 0 Å². The largest absolute Gasteiger partial charge is 0.330 e. The highest BCUT2D eigenvalue weighted by Gasteiger charge is 2.20. The molecule has 0 fully saturated rings. The van der Waals surface area contributed by atoms with E-state index in [0.717, 1.165) is 30.2 Å². The Morgan fingerprint density at radius 3 is 2.36 bits per heavy atom. The molecule has 0 aromatic heterocycles. The first-order valence-electron chi connectivity index (χ1n) is 8.32. The van der Waals surface area contributed by atoms with E-state index in [-0.39, 0.29) is 11.1 Å². The van der Waals surface area contributed by atoms with Crippen LogP contribution in [0.1, 0.15) is 58.4 Å². The zero-order chi connectivity index (χ0) is 18.4. The molecular weight excluding hydrogens is 318 g/mol. The highest BCUT2D eigenvalue weighted by molar-refractivity contribution is 6.15. The van der Waals surface area contributed by atoms with Gasteiger partial charge in [0.2, 0.25) is 0 Å². The van der Waals surface area contributed by atoms with E-state index < -0.39 is 11.8 Å². The summed E-state index contributed by atoms with van der Waals surface area (Å²) >= 11 is 0. The third-order valence-electron chi connectivity index (χ3n) is 4.44. The summed E-state index contributed by atoms with van der Waals surface area (Å²) < 4.78 is 0. The van der Waals surface area contributed by atoms with E-state index in [0.29, 0.717) is 17.8 Å². The molecule has 0 bridgehead atoms. The second kappa shape index (κ2) is 8.57. The normalized spacial score (nSPS) is 12.0. The molecule has 8 N–H and O–H groups in total. The lowest BCUT2D eigenvalue weighted by Crippen LogP contribution is -2.35. The van der Waals surface area contributed by atoms with E-state index in [4.69, 9.17) is 17.4 Å². The Kier molecular flexibility index (Phi) is 6.46. The molecule has 2 rings (SSSR count). The van der Waals surface area contributed by atoms with Crippen molar-refractivity contribution in [2.24, 2.45) is 17.4 Å². The van der Waals surface area contributed by atoms with Crippen LogP contribution in [-0.4, -0.2) is 18.4 Å². The van der Waals surface area contributed by atoms with E-state index in [1.807, 2.05) is 18.2 Å². The third kappa shape index (κ3) is 4.14. The molecule has 2 aromatic rings. The van der Waals surface area contributed by atoms with E-state index in [2.05, 4.69) is 17.8 Å². The van der Waals surface area contributed by atoms with Crippen molar-refractivity contribution in [3.63, 3.8) is 0 Å². The van der Waals surface area contributed by atoms with Gasteiger partial charge in [-0.3, -0.25) is 20.4 Å². The molecule has 2 amide bonds. The lowest BCUT2D eigenvalue weighted by molar-refractivity contribution is 0.0921. The summed E-state index contributed by atoms with van der Waals surface area (Å²) in [4.78, 5) is 24.3. The van der Waals surface area contributed by atoms with Crippen LogP contribution in [0.15, 0.2) is 30.3 Å². The second-order valence-electron chi connectivity index (χ2n) is 6.10. The van der Waals surface area contributed by atoms with Gasteiger partial charge >= 0.3 is 0 Å². The molecule has 0 saturated heterocycles. The fourth-order valence-electron chi connectivity index (χ4n) is 2.99. The van der Waals surface area contributed by atoms with Crippen molar-refractivity contribution in [1.82, 2.24) is 10.9 Å². The molecule has 25 heavy (non-hydrogen) atoms. The number of benzene rings is 2. The molecular formula is C18H25N5O2. The van der Waals surface area contributed by atoms with Crippen molar-refractivity contribution in [2.45, 2.75) is 32.1 Å². The number of fused-ring (bicyclic) bond motifs is 1. The summed E-state index contributed by atoms with van der Waals surface area (Å²) in [6.45, 7) is 2.82. The predicted molar refractivity (Wildman–Crippen MR) is 98.6 cm³/mol. The molecule has 134 valence electrons. The van der Waals surface area contributed by atoms with Crippen molar-refractivity contribution in [2.75, 3.05) is 6.54 Å². The van der Waals surface area contributed by atoms with Gasteiger partial charge in [-0.05, 0) is 47.7 Å². The van der Waals surface area contributed by atoms with Crippen molar-refractivity contribution in [3.05, 3.63) is 47.0 Å². The first-order chi connectivity index (χ1) is 12.0. The average Bonchev–Trinajstić information content (AvgIpc) is 2.65. The SMILES string of the molecule is CC(CCCCN)c1ccc2ccc(C(=O)NN)c(C(=O)NN)c2c1. The molecule has 0 aliphatic heterocycles. The number of hydrogen-bond acceptors (Lipinski definition) is 5. The van der Waals surface area contributed by atoms with Gasteiger partial charge in [0.15, 0.2) is 0 Å². The van der Waals surface area contributed by atoms with Gasteiger partial charge < -0.3 is 5.73 Å². The maximum Gasteiger partial charge on any atom is 0.266 e. The summed E-state index contributed by atoms with van der Waals surface area (Å²) in [5, 5.41) is 1.53. The van der Waals surface area contributed by atoms with Gasteiger partial charge in [0, 0.05) is 0 Å². The van der Waals surface area contributed by atoms with E-state index in [1.165, 1.54) is 0 Å². The third-order valence-corrected chi connectivity index (χ3v) is 4.44. The minimum absolute atomic E-state index is 0.186. The fourth-order valence-corrected chi connectivity index (χ4v) is 2.99. The van der Waals surface area contributed by atoms with E-state index in [1.54, 1.807) is 12.1 Å². The highest BCUT2D eigenvalue weighted by atomic mass is 16.2. The van der Waals surface area contributed by atoms with Crippen LogP contribution < -0.4 is 28.3 Å². The number of carbonyl (C=O) groups excluding carboxylic acids is 2. The molecule has 2 aromatic carbocycles. The molecule has 0 heterocycles. The first kappa shape index (κ1) is 18.9. The Bertz CT molecular complexity index is 775. The summed E-state index contributed by atoms with van der Waals surface area (Å²) in [7, 11) is 0. The minimum atomic E-state index is -0.540. The second-order valence-corrected chi connectivity index (χ2v) is 6.10. The Hall–Kier alpha value is -2.48. The van der Waals surface area contributed by atoms with Crippen LogP contribution in [0.3, 0.4) is 0 Å². The van der Waals surface area contributed by atoms with Crippen LogP contribution in [0.25, 0.3) is 10.8 Å². The smallest absolute Gasteiger partial charge is 0.266 e.